The lowest BCUT2D eigenvalue weighted by Crippen LogP contribution is -2.51. The van der Waals surface area contributed by atoms with Crippen LogP contribution in [0.4, 0.5) is 10.5 Å². The average Bonchev–Trinajstić information content (AvgIpc) is 3.62. The molecule has 1 atom stereocenters. The van der Waals surface area contributed by atoms with Crippen molar-refractivity contribution in [3.63, 3.8) is 0 Å². The van der Waals surface area contributed by atoms with Gasteiger partial charge in [-0.2, -0.15) is 0 Å². The highest BCUT2D eigenvalue weighted by Crippen LogP contribution is 2.51. The van der Waals surface area contributed by atoms with E-state index in [2.05, 4.69) is 15.6 Å². The summed E-state index contributed by atoms with van der Waals surface area (Å²) in [6.45, 7) is 7.28. The number of carbonyl (C=O) groups is 2. The largest absolute Gasteiger partial charge is 0.507 e. The monoisotopic (exact) mass is 454 g/mol. The second kappa shape index (κ2) is 8.72. The third kappa shape index (κ3) is 5.49. The number of hydrogen-bond donors (Lipinski definition) is 3. The third-order valence-electron chi connectivity index (χ3n) is 6.31. The Bertz CT molecular complexity index is 1020. The molecular weight excluding hydrogens is 420 g/mol. The van der Waals surface area contributed by atoms with Gasteiger partial charge in [0.15, 0.2) is 0 Å². The summed E-state index contributed by atoms with van der Waals surface area (Å²) in [7, 11) is 1.87. The lowest BCUT2D eigenvalue weighted by molar-refractivity contribution is -0.120. The molecule has 2 fully saturated rings. The van der Waals surface area contributed by atoms with Crippen molar-refractivity contribution in [3.05, 3.63) is 30.2 Å². The van der Waals surface area contributed by atoms with Gasteiger partial charge >= 0.3 is 6.09 Å². The van der Waals surface area contributed by atoms with Crippen LogP contribution in [-0.2, 0) is 16.6 Å². The van der Waals surface area contributed by atoms with Crippen LogP contribution in [-0.4, -0.2) is 38.3 Å². The Balaban J connectivity index is 1.54. The zero-order chi connectivity index (χ0) is 23.9. The van der Waals surface area contributed by atoms with Gasteiger partial charge < -0.3 is 25.0 Å². The van der Waals surface area contributed by atoms with E-state index in [9.17, 15) is 14.7 Å². The maximum Gasteiger partial charge on any atom is 0.408 e. The van der Waals surface area contributed by atoms with E-state index < -0.39 is 17.7 Å². The van der Waals surface area contributed by atoms with E-state index in [4.69, 9.17) is 4.74 Å². The number of phenolic OH excluding ortho intramolecular Hbond substituents is 1. The Morgan fingerprint density at radius 3 is 2.30 bits per heavy atom. The van der Waals surface area contributed by atoms with E-state index in [0.717, 1.165) is 37.1 Å². The van der Waals surface area contributed by atoms with Crippen molar-refractivity contribution < 1.29 is 19.4 Å². The van der Waals surface area contributed by atoms with Gasteiger partial charge in [0.2, 0.25) is 5.91 Å². The van der Waals surface area contributed by atoms with Crippen LogP contribution in [0.25, 0.3) is 11.3 Å². The molecular formula is C25H34N4O4. The van der Waals surface area contributed by atoms with E-state index in [1.807, 2.05) is 18.5 Å². The first-order chi connectivity index (χ1) is 15.5. The predicted octanol–water partition coefficient (Wildman–Crippen LogP) is 4.37. The lowest BCUT2D eigenvalue weighted by Gasteiger charge is -2.29. The summed E-state index contributed by atoms with van der Waals surface area (Å²) in [5.41, 5.74) is 2.09. The molecule has 2 aromatic rings. The van der Waals surface area contributed by atoms with Crippen molar-refractivity contribution in [1.82, 2.24) is 14.9 Å². The van der Waals surface area contributed by atoms with Crippen molar-refractivity contribution in [2.45, 2.75) is 65.0 Å². The quantitative estimate of drug-likeness (QED) is 0.576. The van der Waals surface area contributed by atoms with Crippen LogP contribution < -0.4 is 10.6 Å². The van der Waals surface area contributed by atoms with Gasteiger partial charge in [0.1, 0.15) is 17.4 Å². The van der Waals surface area contributed by atoms with Crippen LogP contribution in [0.5, 0.6) is 5.75 Å². The first-order valence-electron chi connectivity index (χ1n) is 11.6. The SMILES string of the molecule is Cc1ncn(C)c1-c1ccc(NC(=O)[C@@H](NC(=O)OC(C)(C)C)C(C2CC2)C2CC2)cc1O. The summed E-state index contributed by atoms with van der Waals surface area (Å²) in [5.74, 6) is 0.770. The minimum atomic E-state index is -0.680. The zero-order valence-corrected chi connectivity index (χ0v) is 20.0. The fourth-order valence-electron chi connectivity index (χ4n) is 4.62. The van der Waals surface area contributed by atoms with Crippen LogP contribution in [0.3, 0.4) is 0 Å². The maximum atomic E-state index is 13.4. The molecule has 0 unspecified atom stereocenters. The molecule has 0 bridgehead atoms. The minimum absolute atomic E-state index is 0.0529. The molecule has 0 radical (unpaired) electrons. The van der Waals surface area contributed by atoms with E-state index in [0.29, 0.717) is 23.1 Å². The maximum absolute atomic E-state index is 13.4. The molecule has 33 heavy (non-hydrogen) atoms. The third-order valence-corrected chi connectivity index (χ3v) is 6.31. The Kier molecular flexibility index (Phi) is 6.12. The summed E-state index contributed by atoms with van der Waals surface area (Å²) >= 11 is 0. The summed E-state index contributed by atoms with van der Waals surface area (Å²) in [6.07, 6.45) is 5.45. The summed E-state index contributed by atoms with van der Waals surface area (Å²) in [6, 6.07) is 4.38. The minimum Gasteiger partial charge on any atom is -0.507 e. The van der Waals surface area contributed by atoms with Gasteiger partial charge in [-0.3, -0.25) is 4.79 Å². The van der Waals surface area contributed by atoms with Gasteiger partial charge in [-0.1, -0.05) is 0 Å². The number of phenols is 1. The highest BCUT2D eigenvalue weighted by molar-refractivity contribution is 5.97. The van der Waals surface area contributed by atoms with Gasteiger partial charge in [-0.05, 0) is 83.3 Å². The number of ether oxygens (including phenoxy) is 1. The number of rotatable bonds is 7. The molecule has 2 amide bonds. The number of imidazole rings is 1. The lowest BCUT2D eigenvalue weighted by atomic mass is 9.88. The highest BCUT2D eigenvalue weighted by Gasteiger charge is 2.48. The second-order valence-corrected chi connectivity index (χ2v) is 10.4. The molecule has 3 N–H and O–H groups in total. The van der Waals surface area contributed by atoms with Crippen molar-refractivity contribution in [3.8, 4) is 17.0 Å². The summed E-state index contributed by atoms with van der Waals surface area (Å²) < 4.78 is 7.29. The first kappa shape index (κ1) is 23.1. The van der Waals surface area contributed by atoms with Crippen molar-refractivity contribution in [2.24, 2.45) is 24.8 Å². The Morgan fingerprint density at radius 2 is 1.82 bits per heavy atom. The van der Waals surface area contributed by atoms with Crippen LogP contribution in [0.1, 0.15) is 52.1 Å². The van der Waals surface area contributed by atoms with Crippen LogP contribution in [0.2, 0.25) is 0 Å². The summed E-state index contributed by atoms with van der Waals surface area (Å²) in [5, 5.41) is 16.4. The van der Waals surface area contributed by atoms with Gasteiger partial charge in [0.05, 0.1) is 17.7 Å². The highest BCUT2D eigenvalue weighted by atomic mass is 16.6. The molecule has 2 saturated carbocycles. The molecule has 1 heterocycles. The van der Waals surface area contributed by atoms with Crippen LogP contribution in [0, 0.1) is 24.7 Å². The van der Waals surface area contributed by atoms with E-state index in [1.54, 1.807) is 39.2 Å². The first-order valence-corrected chi connectivity index (χ1v) is 11.6. The number of alkyl carbamates (subject to hydrolysis) is 1. The Hall–Kier alpha value is -3.03. The van der Waals surface area contributed by atoms with Gasteiger partial charge in [-0.25, -0.2) is 9.78 Å². The van der Waals surface area contributed by atoms with Crippen LogP contribution in [0.15, 0.2) is 24.5 Å². The van der Waals surface area contributed by atoms with E-state index >= 15 is 0 Å². The molecule has 1 aromatic carbocycles. The molecule has 4 rings (SSSR count). The number of aromatic hydroxyl groups is 1. The normalized spacial score (nSPS) is 17.0. The molecule has 1 aromatic heterocycles. The topological polar surface area (TPSA) is 105 Å². The predicted molar refractivity (Wildman–Crippen MR) is 126 cm³/mol. The average molecular weight is 455 g/mol. The van der Waals surface area contributed by atoms with Crippen molar-refractivity contribution in [2.75, 3.05) is 5.32 Å². The Morgan fingerprint density at radius 1 is 1.18 bits per heavy atom. The molecule has 0 aliphatic heterocycles. The number of anilines is 1. The number of hydrogen-bond acceptors (Lipinski definition) is 5. The van der Waals surface area contributed by atoms with E-state index in [-0.39, 0.29) is 17.6 Å². The van der Waals surface area contributed by atoms with E-state index in [1.165, 1.54) is 6.07 Å². The van der Waals surface area contributed by atoms with Crippen LogP contribution >= 0.6 is 0 Å². The van der Waals surface area contributed by atoms with Gasteiger partial charge in [0, 0.05) is 24.4 Å². The smallest absolute Gasteiger partial charge is 0.408 e. The Labute approximate surface area is 194 Å². The molecule has 2 aliphatic rings. The number of amides is 2. The fourth-order valence-corrected chi connectivity index (χ4v) is 4.62. The molecule has 2 aliphatic carbocycles. The summed E-state index contributed by atoms with van der Waals surface area (Å²) in [4.78, 5) is 30.2. The number of nitrogens with zero attached hydrogens (tertiary/aromatic N) is 2. The number of aromatic nitrogens is 2. The number of carbonyl (C=O) groups excluding carboxylic acids is 2. The zero-order valence-electron chi connectivity index (χ0n) is 20.0. The van der Waals surface area contributed by atoms with Crippen molar-refractivity contribution >= 4 is 17.7 Å². The standard InChI is InChI=1S/C25H34N4O4/c1-14-22(29(5)13-26-14)18-11-10-17(12-19(18)30)27-23(31)21(28-24(32)33-25(2,3)4)20(15-6-7-15)16-8-9-16/h10-13,15-16,20-21,30H,6-9H2,1-5H3,(H,27,31)(H,28,32)/t21-/m0/s1. The number of aryl methyl sites for hydroxylation is 2. The molecule has 0 spiro atoms. The second-order valence-electron chi connectivity index (χ2n) is 10.4. The number of nitrogens with one attached hydrogen (secondary N) is 2. The molecule has 8 heteroatoms. The van der Waals surface area contributed by atoms with Gasteiger partial charge in [0.25, 0.3) is 0 Å². The molecule has 8 nitrogen and oxygen atoms in total. The fraction of sp³-hybridized carbons (Fsp3) is 0.560. The molecule has 178 valence electrons. The number of benzene rings is 1. The molecule has 0 saturated heterocycles. The van der Waals surface area contributed by atoms with Crippen molar-refractivity contribution in [1.29, 1.82) is 0 Å². The van der Waals surface area contributed by atoms with Gasteiger partial charge in [-0.15, -0.1) is 0 Å².